The molecule has 2 aromatic rings. The summed E-state index contributed by atoms with van der Waals surface area (Å²) in [5, 5.41) is 0. The molecular formula is C12H17N5O2. The summed E-state index contributed by atoms with van der Waals surface area (Å²) in [4.78, 5) is 12.7. The first-order valence-corrected chi connectivity index (χ1v) is 6.29. The van der Waals surface area contributed by atoms with Crippen LogP contribution in [-0.2, 0) is 4.74 Å². The van der Waals surface area contributed by atoms with Crippen LogP contribution < -0.4 is 10.5 Å². The Hall–Kier alpha value is -1.89. The Kier molecular flexibility index (Phi) is 2.98. The van der Waals surface area contributed by atoms with Crippen LogP contribution in [0.5, 0.6) is 5.88 Å². The topological polar surface area (TPSA) is 88.1 Å². The predicted molar refractivity (Wildman–Crippen MR) is 70.0 cm³/mol. The largest absolute Gasteiger partial charge is 0.479 e. The van der Waals surface area contributed by atoms with Crippen molar-refractivity contribution in [3.63, 3.8) is 0 Å². The van der Waals surface area contributed by atoms with E-state index in [-0.39, 0.29) is 12.1 Å². The summed E-state index contributed by atoms with van der Waals surface area (Å²) >= 11 is 0. The lowest BCUT2D eigenvalue weighted by Crippen LogP contribution is -2.11. The van der Waals surface area contributed by atoms with E-state index in [1.807, 2.05) is 4.57 Å². The highest BCUT2D eigenvalue weighted by Gasteiger charge is 2.29. The molecule has 2 N–H and O–H groups in total. The summed E-state index contributed by atoms with van der Waals surface area (Å²) < 4.78 is 12.6. The molecule has 7 nitrogen and oxygen atoms in total. The highest BCUT2D eigenvalue weighted by Crippen LogP contribution is 2.36. The second-order valence-electron chi connectivity index (χ2n) is 4.72. The molecule has 0 aliphatic heterocycles. The van der Waals surface area contributed by atoms with Gasteiger partial charge in [0.2, 0.25) is 11.8 Å². The molecule has 0 spiro atoms. The number of aromatic nitrogens is 4. The number of nitrogen functional groups attached to an aromatic ring is 1. The number of rotatable bonds is 3. The molecule has 0 amide bonds. The molecule has 2 atom stereocenters. The molecule has 0 radical (unpaired) electrons. The highest BCUT2D eigenvalue weighted by atomic mass is 16.5. The fourth-order valence-corrected chi connectivity index (χ4v) is 2.78. The Morgan fingerprint density at radius 1 is 1.32 bits per heavy atom. The van der Waals surface area contributed by atoms with Gasteiger partial charge in [0.15, 0.2) is 11.2 Å². The van der Waals surface area contributed by atoms with Gasteiger partial charge in [0.25, 0.3) is 0 Å². The van der Waals surface area contributed by atoms with Gasteiger partial charge in [0.1, 0.15) is 6.33 Å². The predicted octanol–water partition coefficient (Wildman–Crippen LogP) is 1.16. The minimum Gasteiger partial charge on any atom is -0.479 e. The molecule has 0 bridgehead atoms. The van der Waals surface area contributed by atoms with Crippen LogP contribution in [-0.4, -0.2) is 39.8 Å². The van der Waals surface area contributed by atoms with Crippen LogP contribution >= 0.6 is 0 Å². The van der Waals surface area contributed by atoms with Gasteiger partial charge in [0.05, 0.1) is 13.2 Å². The van der Waals surface area contributed by atoms with E-state index in [9.17, 15) is 0 Å². The Morgan fingerprint density at radius 3 is 2.84 bits per heavy atom. The van der Waals surface area contributed by atoms with Crippen LogP contribution in [0.15, 0.2) is 6.33 Å². The van der Waals surface area contributed by atoms with Crippen LogP contribution in [0.1, 0.15) is 25.3 Å². The Bertz CT molecular complexity index is 597. The van der Waals surface area contributed by atoms with Crippen molar-refractivity contribution in [3.05, 3.63) is 6.33 Å². The molecule has 1 aliphatic carbocycles. The van der Waals surface area contributed by atoms with E-state index in [0.717, 1.165) is 24.9 Å². The third-order valence-corrected chi connectivity index (χ3v) is 3.72. The number of hydrogen-bond donors (Lipinski definition) is 1. The number of fused-ring (bicyclic) bond motifs is 1. The number of nitrogens with zero attached hydrogens (tertiary/aromatic N) is 4. The molecule has 1 saturated carbocycles. The average molecular weight is 263 g/mol. The quantitative estimate of drug-likeness (QED) is 0.893. The third kappa shape index (κ3) is 1.90. The second-order valence-corrected chi connectivity index (χ2v) is 4.72. The fourth-order valence-electron chi connectivity index (χ4n) is 2.78. The molecule has 7 heteroatoms. The Morgan fingerprint density at radius 2 is 2.16 bits per heavy atom. The molecule has 2 aromatic heterocycles. The molecule has 1 aliphatic rings. The van der Waals surface area contributed by atoms with Gasteiger partial charge in [-0.25, -0.2) is 9.97 Å². The monoisotopic (exact) mass is 263 g/mol. The van der Waals surface area contributed by atoms with Gasteiger partial charge in [-0.3, -0.25) is 4.57 Å². The first-order valence-electron chi connectivity index (χ1n) is 6.29. The minimum absolute atomic E-state index is 0.273. The Balaban J connectivity index is 2.06. The maximum atomic E-state index is 6.03. The number of imidazole rings is 1. The summed E-state index contributed by atoms with van der Waals surface area (Å²) in [5.41, 5.74) is 7.37. The van der Waals surface area contributed by atoms with Crippen molar-refractivity contribution in [2.45, 2.75) is 31.4 Å². The lowest BCUT2D eigenvalue weighted by atomic mass is 10.2. The molecule has 102 valence electrons. The molecule has 3 rings (SSSR count). The third-order valence-electron chi connectivity index (χ3n) is 3.72. The highest BCUT2D eigenvalue weighted by molar-refractivity contribution is 5.79. The summed E-state index contributed by atoms with van der Waals surface area (Å²) in [5.74, 6) is 0.910. The molecule has 2 unspecified atom stereocenters. The first-order chi connectivity index (χ1) is 9.24. The van der Waals surface area contributed by atoms with Crippen molar-refractivity contribution in [1.82, 2.24) is 19.5 Å². The first kappa shape index (κ1) is 12.2. The van der Waals surface area contributed by atoms with Gasteiger partial charge in [-0.15, -0.1) is 0 Å². The van der Waals surface area contributed by atoms with E-state index in [1.54, 1.807) is 14.2 Å². The lowest BCUT2D eigenvalue weighted by Gasteiger charge is -2.14. The molecule has 19 heavy (non-hydrogen) atoms. The number of ether oxygens (including phenoxy) is 2. The van der Waals surface area contributed by atoms with E-state index in [0.29, 0.717) is 17.3 Å². The molecule has 0 aromatic carbocycles. The van der Waals surface area contributed by atoms with Gasteiger partial charge in [-0.05, 0) is 19.3 Å². The van der Waals surface area contributed by atoms with E-state index < -0.39 is 0 Å². The number of nitrogens with two attached hydrogens (primary N) is 1. The maximum Gasteiger partial charge on any atom is 0.245 e. The molecule has 0 saturated heterocycles. The summed E-state index contributed by atoms with van der Waals surface area (Å²) in [7, 11) is 3.31. The van der Waals surface area contributed by atoms with Gasteiger partial charge >= 0.3 is 0 Å². The zero-order chi connectivity index (χ0) is 13.4. The smallest absolute Gasteiger partial charge is 0.245 e. The molecular weight excluding hydrogens is 246 g/mol. The van der Waals surface area contributed by atoms with E-state index >= 15 is 0 Å². The molecule has 2 heterocycles. The summed E-state index contributed by atoms with van der Waals surface area (Å²) in [6.07, 6.45) is 4.73. The average Bonchev–Trinajstić information content (AvgIpc) is 3.00. The van der Waals surface area contributed by atoms with Crippen LogP contribution in [0.25, 0.3) is 11.2 Å². The van der Waals surface area contributed by atoms with Crippen molar-refractivity contribution in [2.24, 2.45) is 0 Å². The van der Waals surface area contributed by atoms with Crippen LogP contribution in [0.2, 0.25) is 0 Å². The number of anilines is 1. The van der Waals surface area contributed by atoms with Gasteiger partial charge < -0.3 is 15.2 Å². The van der Waals surface area contributed by atoms with Crippen molar-refractivity contribution < 1.29 is 9.47 Å². The van der Waals surface area contributed by atoms with E-state index in [1.165, 1.54) is 6.33 Å². The van der Waals surface area contributed by atoms with Crippen molar-refractivity contribution >= 4 is 17.1 Å². The number of hydrogen-bond acceptors (Lipinski definition) is 6. The van der Waals surface area contributed by atoms with E-state index in [2.05, 4.69) is 15.0 Å². The summed E-state index contributed by atoms with van der Waals surface area (Å²) in [6.45, 7) is 0. The second kappa shape index (κ2) is 4.65. The van der Waals surface area contributed by atoms with Crippen molar-refractivity contribution in [2.75, 3.05) is 20.0 Å². The summed E-state index contributed by atoms with van der Waals surface area (Å²) in [6, 6.07) is 0.273. The Labute approximate surface area is 110 Å². The number of methoxy groups -OCH3 is 2. The minimum atomic E-state index is 0.273. The fraction of sp³-hybridized carbons (Fsp3) is 0.583. The SMILES string of the molecule is COc1ncnc2c1nc(N)n2C1CCC(OC)C1. The van der Waals surface area contributed by atoms with Gasteiger partial charge in [0, 0.05) is 13.2 Å². The normalized spacial score (nSPS) is 23.1. The lowest BCUT2D eigenvalue weighted by molar-refractivity contribution is 0.106. The van der Waals surface area contributed by atoms with Crippen molar-refractivity contribution in [3.8, 4) is 5.88 Å². The molecule has 1 fully saturated rings. The van der Waals surface area contributed by atoms with Gasteiger partial charge in [-0.2, -0.15) is 4.98 Å². The zero-order valence-electron chi connectivity index (χ0n) is 11.0. The van der Waals surface area contributed by atoms with Crippen LogP contribution in [0, 0.1) is 0 Å². The van der Waals surface area contributed by atoms with Gasteiger partial charge in [-0.1, -0.05) is 0 Å². The van der Waals surface area contributed by atoms with Crippen molar-refractivity contribution in [1.29, 1.82) is 0 Å². The van der Waals surface area contributed by atoms with Crippen LogP contribution in [0.4, 0.5) is 5.95 Å². The van der Waals surface area contributed by atoms with Crippen LogP contribution in [0.3, 0.4) is 0 Å². The standard InChI is InChI=1S/C12H17N5O2/c1-18-8-4-3-7(5-8)17-10-9(16-12(17)13)11(19-2)15-6-14-10/h6-8H,3-5H2,1-2H3,(H2,13,16). The maximum absolute atomic E-state index is 6.03. The zero-order valence-corrected chi connectivity index (χ0v) is 11.0. The van der Waals surface area contributed by atoms with E-state index in [4.69, 9.17) is 15.2 Å².